The lowest BCUT2D eigenvalue weighted by atomic mass is 9.83. The van der Waals surface area contributed by atoms with Crippen LogP contribution < -0.4 is 5.73 Å². The highest BCUT2D eigenvalue weighted by Crippen LogP contribution is 2.43. The second-order valence-corrected chi connectivity index (χ2v) is 5.96. The highest BCUT2D eigenvalue weighted by molar-refractivity contribution is 6.30. The monoisotopic (exact) mass is 269 g/mol. The molecule has 0 radical (unpaired) electrons. The summed E-state index contributed by atoms with van der Waals surface area (Å²) in [7, 11) is 0. The molecule has 2 unspecified atom stereocenters. The highest BCUT2D eigenvalue weighted by Gasteiger charge is 2.48. The SMILES string of the molecule is NC1(Cc2cc(Cl)ccc2F)CCOC1C1CC1. The van der Waals surface area contributed by atoms with Crippen LogP contribution in [-0.4, -0.2) is 18.2 Å². The van der Waals surface area contributed by atoms with Crippen molar-refractivity contribution >= 4 is 11.6 Å². The van der Waals surface area contributed by atoms with Crippen LogP contribution in [0.1, 0.15) is 24.8 Å². The first-order valence-corrected chi connectivity index (χ1v) is 6.81. The van der Waals surface area contributed by atoms with Crippen LogP contribution in [0, 0.1) is 11.7 Å². The van der Waals surface area contributed by atoms with Crippen molar-refractivity contribution in [3.8, 4) is 0 Å². The van der Waals surface area contributed by atoms with Crippen molar-refractivity contribution < 1.29 is 9.13 Å². The van der Waals surface area contributed by atoms with Crippen LogP contribution in [0.4, 0.5) is 4.39 Å². The van der Waals surface area contributed by atoms with E-state index in [4.69, 9.17) is 22.1 Å². The smallest absolute Gasteiger partial charge is 0.126 e. The number of ether oxygens (including phenoxy) is 1. The summed E-state index contributed by atoms with van der Waals surface area (Å²) in [6.07, 6.45) is 3.74. The molecule has 1 aliphatic carbocycles. The topological polar surface area (TPSA) is 35.2 Å². The van der Waals surface area contributed by atoms with E-state index in [1.54, 1.807) is 12.1 Å². The van der Waals surface area contributed by atoms with E-state index in [1.165, 1.54) is 18.9 Å². The van der Waals surface area contributed by atoms with Gasteiger partial charge < -0.3 is 10.5 Å². The van der Waals surface area contributed by atoms with Gasteiger partial charge in [-0.1, -0.05) is 11.6 Å². The summed E-state index contributed by atoms with van der Waals surface area (Å²) >= 11 is 5.92. The molecule has 2 aliphatic rings. The van der Waals surface area contributed by atoms with Gasteiger partial charge in [0.2, 0.25) is 0 Å². The lowest BCUT2D eigenvalue weighted by molar-refractivity contribution is 0.0624. The van der Waals surface area contributed by atoms with Crippen LogP contribution in [0.3, 0.4) is 0 Å². The molecule has 1 saturated carbocycles. The number of hydrogen-bond donors (Lipinski definition) is 1. The molecule has 0 spiro atoms. The zero-order valence-corrected chi connectivity index (χ0v) is 10.9. The van der Waals surface area contributed by atoms with Crippen molar-refractivity contribution in [2.24, 2.45) is 11.7 Å². The largest absolute Gasteiger partial charge is 0.376 e. The first-order chi connectivity index (χ1) is 8.58. The van der Waals surface area contributed by atoms with Gasteiger partial charge in [0.05, 0.1) is 6.10 Å². The van der Waals surface area contributed by atoms with Gasteiger partial charge >= 0.3 is 0 Å². The van der Waals surface area contributed by atoms with Crippen LogP contribution in [0.15, 0.2) is 18.2 Å². The molecule has 98 valence electrons. The van der Waals surface area contributed by atoms with Gasteiger partial charge in [0.15, 0.2) is 0 Å². The molecule has 1 aliphatic heterocycles. The maximum Gasteiger partial charge on any atom is 0.126 e. The Kier molecular flexibility index (Phi) is 3.08. The predicted molar refractivity (Wildman–Crippen MR) is 69.1 cm³/mol. The second-order valence-electron chi connectivity index (χ2n) is 5.52. The van der Waals surface area contributed by atoms with E-state index in [1.807, 2.05) is 0 Å². The Hall–Kier alpha value is -0.640. The average Bonchev–Trinajstić information content (AvgIpc) is 3.08. The van der Waals surface area contributed by atoms with E-state index < -0.39 is 5.54 Å². The summed E-state index contributed by atoms with van der Waals surface area (Å²) in [5.41, 5.74) is 6.62. The van der Waals surface area contributed by atoms with E-state index >= 15 is 0 Å². The highest BCUT2D eigenvalue weighted by atomic mass is 35.5. The third-order valence-electron chi connectivity index (χ3n) is 4.01. The Morgan fingerprint density at radius 1 is 1.44 bits per heavy atom. The Balaban J connectivity index is 1.83. The molecule has 2 N–H and O–H groups in total. The first kappa shape index (κ1) is 12.4. The standard InChI is InChI=1S/C14H17ClFNO/c15-11-3-4-12(16)10(7-11)8-14(17)5-6-18-13(14)9-1-2-9/h3-4,7,9,13H,1-2,5-6,8,17H2. The molecule has 0 bridgehead atoms. The number of rotatable bonds is 3. The molecule has 3 rings (SSSR count). The molecule has 2 fully saturated rings. The molecule has 18 heavy (non-hydrogen) atoms. The van der Waals surface area contributed by atoms with E-state index in [2.05, 4.69) is 0 Å². The van der Waals surface area contributed by atoms with Crippen LogP contribution in [0.5, 0.6) is 0 Å². The lowest BCUT2D eigenvalue weighted by Crippen LogP contribution is -2.50. The fourth-order valence-electron chi connectivity index (χ4n) is 2.91. The van der Waals surface area contributed by atoms with Crippen molar-refractivity contribution in [3.63, 3.8) is 0 Å². The summed E-state index contributed by atoms with van der Waals surface area (Å²) in [5.74, 6) is 0.338. The van der Waals surface area contributed by atoms with E-state index in [0.717, 1.165) is 6.42 Å². The van der Waals surface area contributed by atoms with Crippen molar-refractivity contribution in [2.45, 2.75) is 37.3 Å². The van der Waals surface area contributed by atoms with Gasteiger partial charge in [0.25, 0.3) is 0 Å². The molecule has 1 aromatic rings. The maximum atomic E-state index is 13.8. The van der Waals surface area contributed by atoms with Crippen LogP contribution in [0.2, 0.25) is 5.02 Å². The summed E-state index contributed by atoms with van der Waals surface area (Å²) in [5, 5.41) is 0.553. The Bertz CT molecular complexity index is 463. The van der Waals surface area contributed by atoms with Gasteiger partial charge in [0, 0.05) is 17.2 Å². The normalized spacial score (nSPS) is 31.8. The van der Waals surface area contributed by atoms with E-state index in [0.29, 0.717) is 29.5 Å². The van der Waals surface area contributed by atoms with Crippen LogP contribution >= 0.6 is 11.6 Å². The molecule has 2 atom stereocenters. The maximum absolute atomic E-state index is 13.8. The number of halogens is 2. The third-order valence-corrected chi connectivity index (χ3v) is 4.24. The summed E-state index contributed by atoms with van der Waals surface area (Å²) in [4.78, 5) is 0. The number of hydrogen-bond acceptors (Lipinski definition) is 2. The van der Waals surface area contributed by atoms with Crippen molar-refractivity contribution in [1.29, 1.82) is 0 Å². The predicted octanol–water partition coefficient (Wildman–Crippen LogP) is 2.92. The Morgan fingerprint density at radius 3 is 2.94 bits per heavy atom. The van der Waals surface area contributed by atoms with Gasteiger partial charge in [-0.15, -0.1) is 0 Å². The Labute approximate surface area is 111 Å². The molecular weight excluding hydrogens is 253 g/mol. The lowest BCUT2D eigenvalue weighted by Gasteiger charge is -2.30. The minimum Gasteiger partial charge on any atom is -0.376 e. The average molecular weight is 270 g/mol. The molecule has 0 amide bonds. The van der Waals surface area contributed by atoms with Gasteiger partial charge in [-0.3, -0.25) is 0 Å². The molecule has 1 aromatic carbocycles. The van der Waals surface area contributed by atoms with Crippen LogP contribution in [0.25, 0.3) is 0 Å². The molecule has 0 aromatic heterocycles. The molecule has 1 saturated heterocycles. The first-order valence-electron chi connectivity index (χ1n) is 6.43. The van der Waals surface area contributed by atoms with Gasteiger partial charge in [0.1, 0.15) is 5.82 Å². The van der Waals surface area contributed by atoms with Gasteiger partial charge in [-0.05, 0) is 55.4 Å². The molecule has 2 nitrogen and oxygen atoms in total. The van der Waals surface area contributed by atoms with Gasteiger partial charge in [-0.2, -0.15) is 0 Å². The third kappa shape index (κ3) is 2.27. The number of benzene rings is 1. The number of nitrogens with two attached hydrogens (primary N) is 1. The molecule has 1 heterocycles. The van der Waals surface area contributed by atoms with E-state index in [-0.39, 0.29) is 11.9 Å². The van der Waals surface area contributed by atoms with Crippen molar-refractivity contribution in [1.82, 2.24) is 0 Å². The molecular formula is C14H17ClFNO. The van der Waals surface area contributed by atoms with Crippen molar-refractivity contribution in [2.75, 3.05) is 6.61 Å². The minimum absolute atomic E-state index is 0.0795. The second kappa shape index (κ2) is 4.48. The van der Waals surface area contributed by atoms with Crippen LogP contribution in [-0.2, 0) is 11.2 Å². The van der Waals surface area contributed by atoms with Crippen molar-refractivity contribution in [3.05, 3.63) is 34.6 Å². The summed E-state index contributed by atoms with van der Waals surface area (Å²) in [6, 6.07) is 4.64. The minimum atomic E-state index is -0.438. The zero-order chi connectivity index (χ0) is 12.8. The molecule has 4 heteroatoms. The fourth-order valence-corrected chi connectivity index (χ4v) is 3.11. The quantitative estimate of drug-likeness (QED) is 0.916. The zero-order valence-electron chi connectivity index (χ0n) is 10.2. The van der Waals surface area contributed by atoms with Gasteiger partial charge in [-0.25, -0.2) is 4.39 Å². The Morgan fingerprint density at radius 2 is 2.22 bits per heavy atom. The van der Waals surface area contributed by atoms with E-state index in [9.17, 15) is 4.39 Å². The summed E-state index contributed by atoms with van der Waals surface area (Å²) in [6.45, 7) is 0.680. The fraction of sp³-hybridized carbons (Fsp3) is 0.571. The summed E-state index contributed by atoms with van der Waals surface area (Å²) < 4.78 is 19.5.